The molecule has 2 heterocycles. The summed E-state index contributed by atoms with van der Waals surface area (Å²) in [6.45, 7) is 12.5. The first-order valence-corrected chi connectivity index (χ1v) is 11.8. The van der Waals surface area contributed by atoms with Crippen molar-refractivity contribution >= 4 is 28.7 Å². The monoisotopic (exact) mass is 463 g/mol. The number of hydrazine groups is 1. The summed E-state index contributed by atoms with van der Waals surface area (Å²) < 4.78 is 11.0. The number of aromatic amines is 1. The number of carbonyl (C=O) groups excluding carboxylic acids is 2. The molecule has 0 fully saturated rings. The van der Waals surface area contributed by atoms with Crippen LogP contribution in [0.15, 0.2) is 48.5 Å². The smallest absolute Gasteiger partial charge is 0.429 e. The van der Waals surface area contributed by atoms with E-state index in [1.165, 1.54) is 0 Å². The van der Waals surface area contributed by atoms with Gasteiger partial charge in [0.15, 0.2) is 0 Å². The molecule has 7 heteroatoms. The summed E-state index contributed by atoms with van der Waals surface area (Å²) in [6, 6.07) is 15.4. The van der Waals surface area contributed by atoms with Gasteiger partial charge in [0.25, 0.3) is 0 Å². The van der Waals surface area contributed by atoms with Crippen LogP contribution >= 0.6 is 0 Å². The fraction of sp³-hybridized carbons (Fsp3) is 0.407. The Hall–Kier alpha value is -3.32. The molecule has 1 N–H and O–H groups in total. The molecule has 0 saturated carbocycles. The van der Waals surface area contributed by atoms with Crippen LogP contribution in [0.25, 0.3) is 10.9 Å². The molecule has 1 unspecified atom stereocenters. The van der Waals surface area contributed by atoms with Crippen molar-refractivity contribution in [3.8, 4) is 0 Å². The predicted molar refractivity (Wildman–Crippen MR) is 133 cm³/mol. The summed E-state index contributed by atoms with van der Waals surface area (Å²) in [5, 5.41) is 4.60. The highest BCUT2D eigenvalue weighted by molar-refractivity contribution is 6.05. The molecular formula is C27H33N3O4. The van der Waals surface area contributed by atoms with Gasteiger partial charge in [-0.2, -0.15) is 5.01 Å². The summed E-state index contributed by atoms with van der Waals surface area (Å²) in [7, 11) is 0. The maximum atomic E-state index is 13.6. The van der Waals surface area contributed by atoms with Crippen molar-refractivity contribution in [2.75, 3.05) is 11.6 Å². The molecule has 1 atom stereocenters. The molecule has 1 aliphatic heterocycles. The molecule has 0 radical (unpaired) electrons. The maximum absolute atomic E-state index is 13.6. The maximum Gasteiger partial charge on any atom is 0.429 e. The topological polar surface area (TPSA) is 74.9 Å². The Morgan fingerprint density at radius 2 is 1.79 bits per heavy atom. The first-order chi connectivity index (χ1) is 16.1. The molecule has 4 rings (SSSR count). The van der Waals surface area contributed by atoms with Crippen molar-refractivity contribution in [1.29, 1.82) is 0 Å². The number of H-pyrrole nitrogens is 1. The molecule has 1 aromatic heterocycles. The number of esters is 1. The van der Waals surface area contributed by atoms with E-state index < -0.39 is 11.7 Å². The third kappa shape index (κ3) is 4.53. The minimum absolute atomic E-state index is 0.0823. The van der Waals surface area contributed by atoms with E-state index in [9.17, 15) is 9.59 Å². The number of aromatic nitrogens is 1. The molecule has 0 aliphatic carbocycles. The Kier molecular flexibility index (Phi) is 6.41. The highest BCUT2D eigenvalue weighted by Gasteiger charge is 2.45. The molecule has 0 spiro atoms. The van der Waals surface area contributed by atoms with Crippen LogP contribution in [0.5, 0.6) is 0 Å². The summed E-state index contributed by atoms with van der Waals surface area (Å²) in [5.74, 6) is -0.165. The fourth-order valence-corrected chi connectivity index (χ4v) is 4.51. The number of ether oxygens (including phenoxy) is 2. The number of fused-ring (bicyclic) bond motifs is 3. The second kappa shape index (κ2) is 9.14. The van der Waals surface area contributed by atoms with Crippen molar-refractivity contribution in [3.05, 3.63) is 65.4 Å². The number of nitrogens with zero attached hydrogens (tertiary/aromatic N) is 2. The standard InChI is InChI=1S/C27H33N3O4/c1-7-33-25(31)19-13-14-20-21(15-19)28-22-23(17(2)3)29(16-18-11-9-8-10-12-18)30(24(20)22)26(32)34-27(4,5)6/h8-15,17,23,28H,7,16H2,1-6H3. The Bertz CT molecular complexity index is 1190. The zero-order valence-electron chi connectivity index (χ0n) is 20.7. The predicted octanol–water partition coefficient (Wildman–Crippen LogP) is 6.21. The van der Waals surface area contributed by atoms with Gasteiger partial charge in [-0.3, -0.25) is 0 Å². The molecule has 1 amide bonds. The average molecular weight is 464 g/mol. The van der Waals surface area contributed by atoms with Gasteiger partial charge in [-0.15, -0.1) is 0 Å². The molecule has 34 heavy (non-hydrogen) atoms. The molecule has 180 valence electrons. The average Bonchev–Trinajstić information content (AvgIpc) is 3.26. The van der Waals surface area contributed by atoms with E-state index in [0.29, 0.717) is 18.7 Å². The van der Waals surface area contributed by atoms with Gasteiger partial charge >= 0.3 is 12.1 Å². The van der Waals surface area contributed by atoms with E-state index in [1.807, 2.05) is 45.0 Å². The molecule has 3 aromatic rings. The number of carbonyl (C=O) groups is 2. The van der Waals surface area contributed by atoms with E-state index in [4.69, 9.17) is 9.47 Å². The van der Waals surface area contributed by atoms with Crippen molar-refractivity contribution in [2.24, 2.45) is 5.92 Å². The van der Waals surface area contributed by atoms with Gasteiger partial charge in [-0.1, -0.05) is 44.2 Å². The summed E-state index contributed by atoms with van der Waals surface area (Å²) >= 11 is 0. The Balaban J connectivity index is 1.85. The summed E-state index contributed by atoms with van der Waals surface area (Å²) in [6.07, 6.45) is -0.428. The zero-order chi connectivity index (χ0) is 24.6. The highest BCUT2D eigenvalue weighted by Crippen LogP contribution is 2.48. The highest BCUT2D eigenvalue weighted by atomic mass is 16.6. The number of benzene rings is 2. The van der Waals surface area contributed by atoms with E-state index in [1.54, 1.807) is 24.1 Å². The number of rotatable bonds is 5. The number of anilines is 1. The molecule has 1 aliphatic rings. The molecule has 0 bridgehead atoms. The van der Waals surface area contributed by atoms with E-state index >= 15 is 0 Å². The van der Waals surface area contributed by atoms with E-state index in [-0.39, 0.29) is 17.9 Å². The zero-order valence-corrected chi connectivity index (χ0v) is 20.7. The van der Waals surface area contributed by atoms with Crippen LogP contribution in [0.4, 0.5) is 10.5 Å². The number of amides is 1. The van der Waals surface area contributed by atoms with Gasteiger partial charge in [0.2, 0.25) is 0 Å². The van der Waals surface area contributed by atoms with Gasteiger partial charge in [-0.05, 0) is 57.4 Å². The molecule has 2 aromatic carbocycles. The van der Waals surface area contributed by atoms with Gasteiger partial charge in [-0.25, -0.2) is 14.6 Å². The first kappa shape index (κ1) is 23.8. The minimum atomic E-state index is -0.644. The third-order valence-corrected chi connectivity index (χ3v) is 5.78. The lowest BCUT2D eigenvalue weighted by atomic mass is 10.0. The lowest BCUT2D eigenvalue weighted by Gasteiger charge is -2.35. The van der Waals surface area contributed by atoms with Crippen LogP contribution in [0.2, 0.25) is 0 Å². The van der Waals surface area contributed by atoms with Gasteiger partial charge in [0.05, 0.1) is 29.6 Å². The van der Waals surface area contributed by atoms with Gasteiger partial charge in [0, 0.05) is 17.4 Å². The van der Waals surface area contributed by atoms with E-state index in [0.717, 1.165) is 27.8 Å². The fourth-order valence-electron chi connectivity index (χ4n) is 4.51. The Morgan fingerprint density at radius 3 is 2.41 bits per heavy atom. The summed E-state index contributed by atoms with van der Waals surface area (Å²) in [4.78, 5) is 29.4. The van der Waals surface area contributed by atoms with Gasteiger partial charge < -0.3 is 14.5 Å². The van der Waals surface area contributed by atoms with E-state index in [2.05, 4.69) is 36.0 Å². The van der Waals surface area contributed by atoms with Gasteiger partial charge in [0.1, 0.15) is 5.60 Å². The van der Waals surface area contributed by atoms with Crippen LogP contribution < -0.4 is 5.01 Å². The van der Waals surface area contributed by atoms with Crippen LogP contribution in [-0.2, 0) is 16.0 Å². The van der Waals surface area contributed by atoms with Crippen LogP contribution in [0.3, 0.4) is 0 Å². The SMILES string of the molecule is CCOC(=O)c1ccc2c3c([nH]c2c1)C(C(C)C)N(Cc1ccccc1)N3C(=O)OC(C)(C)C. The molecule has 7 nitrogen and oxygen atoms in total. The normalized spacial score (nSPS) is 16.2. The molecule has 0 saturated heterocycles. The minimum Gasteiger partial charge on any atom is -0.462 e. The number of hydrogen-bond donors (Lipinski definition) is 1. The second-order valence-electron chi connectivity index (χ2n) is 9.93. The number of hydrogen-bond acceptors (Lipinski definition) is 5. The summed E-state index contributed by atoms with van der Waals surface area (Å²) in [5.41, 5.74) is 3.42. The number of nitrogens with one attached hydrogen (secondary N) is 1. The van der Waals surface area contributed by atoms with Crippen LogP contribution in [-0.4, -0.2) is 34.3 Å². The van der Waals surface area contributed by atoms with Crippen molar-refractivity contribution in [1.82, 2.24) is 9.99 Å². The van der Waals surface area contributed by atoms with Crippen molar-refractivity contribution < 1.29 is 19.1 Å². The quantitative estimate of drug-likeness (QED) is 0.455. The lowest BCUT2D eigenvalue weighted by Crippen LogP contribution is -2.47. The van der Waals surface area contributed by atoms with Crippen LogP contribution in [0.1, 0.15) is 69.2 Å². The first-order valence-electron chi connectivity index (χ1n) is 11.8. The van der Waals surface area contributed by atoms with Crippen molar-refractivity contribution in [2.45, 2.75) is 59.7 Å². The molecular weight excluding hydrogens is 430 g/mol. The lowest BCUT2D eigenvalue weighted by molar-refractivity contribution is 0.0396. The Labute approximate surface area is 200 Å². The van der Waals surface area contributed by atoms with Crippen LogP contribution in [0, 0.1) is 5.92 Å². The largest absolute Gasteiger partial charge is 0.462 e. The third-order valence-electron chi connectivity index (χ3n) is 5.78. The second-order valence-corrected chi connectivity index (χ2v) is 9.93. The van der Waals surface area contributed by atoms with Crippen molar-refractivity contribution in [3.63, 3.8) is 0 Å². The Morgan fingerprint density at radius 1 is 1.09 bits per heavy atom.